The van der Waals surface area contributed by atoms with E-state index >= 15 is 0 Å². The van der Waals surface area contributed by atoms with Crippen molar-refractivity contribution < 1.29 is 9.59 Å². The highest BCUT2D eigenvalue weighted by molar-refractivity contribution is 6.07. The molecule has 0 aromatic heterocycles. The van der Waals surface area contributed by atoms with Gasteiger partial charge in [-0.3, -0.25) is 14.5 Å². The van der Waals surface area contributed by atoms with Crippen LogP contribution in [0.2, 0.25) is 0 Å². The molecule has 1 aromatic carbocycles. The fourth-order valence-corrected chi connectivity index (χ4v) is 2.43. The van der Waals surface area contributed by atoms with Crippen LogP contribution in [0.4, 0.5) is 11.4 Å². The molecule has 5 heteroatoms. The Labute approximate surface area is 125 Å². The SMILES string of the molecule is CCCCNC(=O)CN1C(=O)C(CC)Nc2ccccc21. The van der Waals surface area contributed by atoms with Crippen LogP contribution in [0.5, 0.6) is 0 Å². The first kappa shape index (κ1) is 15.4. The molecule has 0 aliphatic carbocycles. The zero-order valence-corrected chi connectivity index (χ0v) is 12.7. The molecule has 1 aliphatic heterocycles. The Morgan fingerprint density at radius 1 is 1.33 bits per heavy atom. The van der Waals surface area contributed by atoms with Gasteiger partial charge >= 0.3 is 0 Å². The molecule has 114 valence electrons. The normalized spacial score (nSPS) is 17.1. The first-order chi connectivity index (χ1) is 10.2. The zero-order valence-electron chi connectivity index (χ0n) is 12.7. The number of benzene rings is 1. The van der Waals surface area contributed by atoms with Crippen LogP contribution >= 0.6 is 0 Å². The summed E-state index contributed by atoms with van der Waals surface area (Å²) in [6.45, 7) is 4.78. The van der Waals surface area contributed by atoms with E-state index in [1.807, 2.05) is 31.2 Å². The summed E-state index contributed by atoms with van der Waals surface area (Å²) in [5.74, 6) is -0.148. The Morgan fingerprint density at radius 3 is 2.81 bits per heavy atom. The molecule has 0 fully saturated rings. The van der Waals surface area contributed by atoms with Crippen LogP contribution < -0.4 is 15.5 Å². The Balaban J connectivity index is 2.12. The summed E-state index contributed by atoms with van der Waals surface area (Å²) in [4.78, 5) is 26.1. The van der Waals surface area contributed by atoms with Gasteiger partial charge in [-0.15, -0.1) is 0 Å². The smallest absolute Gasteiger partial charge is 0.250 e. The molecule has 0 radical (unpaired) electrons. The number of hydrogen-bond donors (Lipinski definition) is 2. The van der Waals surface area contributed by atoms with Crippen molar-refractivity contribution in [2.45, 2.75) is 39.2 Å². The highest BCUT2D eigenvalue weighted by Crippen LogP contribution is 2.31. The number of unbranched alkanes of at least 4 members (excludes halogenated alkanes) is 1. The molecule has 1 unspecified atom stereocenters. The lowest BCUT2D eigenvalue weighted by atomic mass is 10.1. The van der Waals surface area contributed by atoms with Crippen LogP contribution in [-0.2, 0) is 9.59 Å². The van der Waals surface area contributed by atoms with E-state index < -0.39 is 0 Å². The highest BCUT2D eigenvalue weighted by atomic mass is 16.2. The minimum Gasteiger partial charge on any atom is -0.372 e. The van der Waals surface area contributed by atoms with E-state index in [1.54, 1.807) is 4.90 Å². The van der Waals surface area contributed by atoms with Gasteiger partial charge in [0.25, 0.3) is 0 Å². The molecule has 21 heavy (non-hydrogen) atoms. The van der Waals surface area contributed by atoms with Gasteiger partial charge < -0.3 is 10.6 Å². The van der Waals surface area contributed by atoms with Crippen molar-refractivity contribution in [1.82, 2.24) is 5.32 Å². The summed E-state index contributed by atoms with van der Waals surface area (Å²) in [5.41, 5.74) is 1.68. The van der Waals surface area contributed by atoms with Crippen LogP contribution in [0.1, 0.15) is 33.1 Å². The summed E-state index contributed by atoms with van der Waals surface area (Å²) in [6, 6.07) is 7.34. The minimum atomic E-state index is -0.261. The van der Waals surface area contributed by atoms with Crippen LogP contribution in [0.3, 0.4) is 0 Å². The molecule has 0 bridgehead atoms. The van der Waals surface area contributed by atoms with Crippen LogP contribution in [0, 0.1) is 0 Å². The number of carbonyl (C=O) groups excluding carboxylic acids is 2. The van der Waals surface area contributed by atoms with Gasteiger partial charge in [-0.2, -0.15) is 0 Å². The summed E-state index contributed by atoms with van der Waals surface area (Å²) < 4.78 is 0. The summed E-state index contributed by atoms with van der Waals surface area (Å²) in [6.07, 6.45) is 2.68. The zero-order chi connectivity index (χ0) is 15.2. The van der Waals surface area contributed by atoms with Crippen molar-refractivity contribution in [3.05, 3.63) is 24.3 Å². The van der Waals surface area contributed by atoms with Crippen LogP contribution in [0.15, 0.2) is 24.3 Å². The van der Waals surface area contributed by atoms with Crippen molar-refractivity contribution in [2.24, 2.45) is 0 Å². The molecule has 1 atom stereocenters. The van der Waals surface area contributed by atoms with E-state index in [0.29, 0.717) is 13.0 Å². The van der Waals surface area contributed by atoms with E-state index in [2.05, 4.69) is 17.6 Å². The average molecular weight is 289 g/mol. The topological polar surface area (TPSA) is 61.4 Å². The molecule has 1 aliphatic rings. The van der Waals surface area contributed by atoms with Gasteiger partial charge in [0.2, 0.25) is 11.8 Å². The predicted octanol–water partition coefficient (Wildman–Crippen LogP) is 2.14. The Bertz CT molecular complexity index is 516. The lowest BCUT2D eigenvalue weighted by Gasteiger charge is -2.34. The van der Waals surface area contributed by atoms with Crippen molar-refractivity contribution in [1.29, 1.82) is 0 Å². The second kappa shape index (κ2) is 7.11. The molecular weight excluding hydrogens is 266 g/mol. The van der Waals surface area contributed by atoms with E-state index in [4.69, 9.17) is 0 Å². The molecular formula is C16H23N3O2. The van der Waals surface area contributed by atoms with E-state index in [0.717, 1.165) is 24.2 Å². The van der Waals surface area contributed by atoms with Gasteiger partial charge in [0, 0.05) is 6.54 Å². The number of nitrogens with zero attached hydrogens (tertiary/aromatic N) is 1. The number of amides is 2. The van der Waals surface area contributed by atoms with Crippen LogP contribution in [-0.4, -0.2) is 30.9 Å². The Hall–Kier alpha value is -2.04. The van der Waals surface area contributed by atoms with Crippen LogP contribution in [0.25, 0.3) is 0 Å². The maximum atomic E-state index is 12.5. The number of carbonyl (C=O) groups is 2. The summed E-state index contributed by atoms with van der Waals surface area (Å²) in [7, 11) is 0. The first-order valence-electron chi connectivity index (χ1n) is 7.61. The number of hydrogen-bond acceptors (Lipinski definition) is 3. The van der Waals surface area contributed by atoms with Crippen molar-refractivity contribution in [3.8, 4) is 0 Å². The Kier molecular flexibility index (Phi) is 5.20. The number of fused-ring (bicyclic) bond motifs is 1. The largest absolute Gasteiger partial charge is 0.372 e. The van der Waals surface area contributed by atoms with Gasteiger partial charge in [0.1, 0.15) is 12.6 Å². The maximum Gasteiger partial charge on any atom is 0.250 e. The molecule has 2 amide bonds. The predicted molar refractivity (Wildman–Crippen MR) is 84.4 cm³/mol. The second-order valence-electron chi connectivity index (χ2n) is 5.25. The van der Waals surface area contributed by atoms with Crippen molar-refractivity contribution >= 4 is 23.2 Å². The highest BCUT2D eigenvalue weighted by Gasteiger charge is 2.32. The summed E-state index contributed by atoms with van der Waals surface area (Å²) >= 11 is 0. The van der Waals surface area contributed by atoms with Gasteiger partial charge in [0.05, 0.1) is 11.4 Å². The number of anilines is 2. The third kappa shape index (κ3) is 3.54. The molecule has 1 aromatic rings. The molecule has 0 saturated carbocycles. The standard InChI is InChI=1S/C16H23N3O2/c1-3-5-10-17-15(20)11-19-14-9-7-6-8-13(14)18-12(4-2)16(19)21/h6-9,12,18H,3-5,10-11H2,1-2H3,(H,17,20). The Morgan fingerprint density at radius 2 is 2.10 bits per heavy atom. The molecule has 2 N–H and O–H groups in total. The van der Waals surface area contributed by atoms with Gasteiger partial charge in [-0.25, -0.2) is 0 Å². The minimum absolute atomic E-state index is 0.0400. The molecule has 0 saturated heterocycles. The van der Waals surface area contributed by atoms with E-state index in [9.17, 15) is 9.59 Å². The third-order valence-corrected chi connectivity index (χ3v) is 3.65. The lowest BCUT2D eigenvalue weighted by Crippen LogP contribution is -2.50. The lowest BCUT2D eigenvalue weighted by molar-refractivity contribution is -0.124. The number of rotatable bonds is 6. The van der Waals surface area contributed by atoms with Gasteiger partial charge in [-0.1, -0.05) is 32.4 Å². The van der Waals surface area contributed by atoms with Gasteiger partial charge in [-0.05, 0) is 25.0 Å². The molecule has 0 spiro atoms. The fraction of sp³-hybridized carbons (Fsp3) is 0.500. The van der Waals surface area contributed by atoms with E-state index in [1.165, 1.54) is 0 Å². The van der Waals surface area contributed by atoms with Crippen molar-refractivity contribution in [3.63, 3.8) is 0 Å². The number of nitrogens with one attached hydrogen (secondary N) is 2. The van der Waals surface area contributed by atoms with Crippen molar-refractivity contribution in [2.75, 3.05) is 23.3 Å². The quantitative estimate of drug-likeness (QED) is 0.789. The number of para-hydroxylation sites is 2. The third-order valence-electron chi connectivity index (χ3n) is 3.65. The first-order valence-corrected chi connectivity index (χ1v) is 7.61. The van der Waals surface area contributed by atoms with E-state index in [-0.39, 0.29) is 24.4 Å². The monoisotopic (exact) mass is 289 g/mol. The average Bonchev–Trinajstić information content (AvgIpc) is 2.50. The maximum absolute atomic E-state index is 12.5. The fourth-order valence-electron chi connectivity index (χ4n) is 2.43. The summed E-state index contributed by atoms with van der Waals surface area (Å²) in [5, 5.41) is 6.09. The van der Waals surface area contributed by atoms with Gasteiger partial charge in [0.15, 0.2) is 0 Å². The second-order valence-corrected chi connectivity index (χ2v) is 5.25. The molecule has 5 nitrogen and oxygen atoms in total. The molecule has 1 heterocycles. The molecule has 2 rings (SSSR count).